The smallest absolute Gasteiger partial charge is 0.221 e. The lowest BCUT2D eigenvalue weighted by Gasteiger charge is -2.11. The number of carbonyl (C=O) groups is 1. The van der Waals surface area contributed by atoms with Crippen LogP contribution in [0.3, 0.4) is 0 Å². The Morgan fingerprint density at radius 1 is 1.36 bits per heavy atom. The zero-order valence-electron chi connectivity index (χ0n) is 8.15. The molecule has 14 heavy (non-hydrogen) atoms. The average molecular weight is 189 g/mol. The predicted octanol–water partition coefficient (Wildman–Crippen LogP) is 1.74. The number of amides is 1. The molecule has 1 atom stereocenters. The van der Waals surface area contributed by atoms with Crippen molar-refractivity contribution in [1.82, 2.24) is 0 Å². The van der Waals surface area contributed by atoms with E-state index in [0.717, 1.165) is 6.42 Å². The number of hydrogen-bond acceptors (Lipinski definition) is 1. The molecule has 1 aliphatic carbocycles. The Morgan fingerprint density at radius 2 is 2.00 bits per heavy atom. The SMILES string of the molecule is NC(=O)C(Cc1ccccc1)C1CC1. The molecule has 2 N–H and O–H groups in total. The summed E-state index contributed by atoms with van der Waals surface area (Å²) in [4.78, 5) is 11.2. The third kappa shape index (κ3) is 2.13. The quantitative estimate of drug-likeness (QED) is 0.770. The standard InChI is InChI=1S/C12H15NO/c13-12(14)11(10-6-7-10)8-9-4-2-1-3-5-9/h1-5,10-11H,6-8H2,(H2,13,14). The first-order valence-electron chi connectivity index (χ1n) is 5.10. The molecule has 2 rings (SSSR count). The molecule has 1 aromatic carbocycles. The van der Waals surface area contributed by atoms with Crippen LogP contribution in [0.2, 0.25) is 0 Å². The molecule has 0 aromatic heterocycles. The van der Waals surface area contributed by atoms with E-state index in [-0.39, 0.29) is 11.8 Å². The molecule has 0 spiro atoms. The molecule has 74 valence electrons. The van der Waals surface area contributed by atoms with E-state index in [2.05, 4.69) is 12.1 Å². The number of hydrogen-bond donors (Lipinski definition) is 1. The third-order valence-electron chi connectivity index (χ3n) is 2.85. The molecule has 0 saturated heterocycles. The van der Waals surface area contributed by atoms with Crippen LogP contribution >= 0.6 is 0 Å². The van der Waals surface area contributed by atoms with Gasteiger partial charge in [-0.25, -0.2) is 0 Å². The van der Waals surface area contributed by atoms with Crippen molar-refractivity contribution in [3.05, 3.63) is 35.9 Å². The van der Waals surface area contributed by atoms with Crippen molar-refractivity contribution in [1.29, 1.82) is 0 Å². The predicted molar refractivity (Wildman–Crippen MR) is 55.6 cm³/mol. The molecule has 1 fully saturated rings. The lowest BCUT2D eigenvalue weighted by molar-refractivity contribution is -0.122. The monoisotopic (exact) mass is 189 g/mol. The number of primary amides is 1. The van der Waals surface area contributed by atoms with Crippen LogP contribution in [0.15, 0.2) is 30.3 Å². The second kappa shape index (κ2) is 3.82. The van der Waals surface area contributed by atoms with E-state index < -0.39 is 0 Å². The van der Waals surface area contributed by atoms with E-state index >= 15 is 0 Å². The van der Waals surface area contributed by atoms with Crippen molar-refractivity contribution >= 4 is 5.91 Å². The first kappa shape index (κ1) is 9.25. The largest absolute Gasteiger partial charge is 0.369 e. The third-order valence-corrected chi connectivity index (χ3v) is 2.85. The van der Waals surface area contributed by atoms with Gasteiger partial charge < -0.3 is 5.73 Å². The van der Waals surface area contributed by atoms with Crippen molar-refractivity contribution in [2.75, 3.05) is 0 Å². The van der Waals surface area contributed by atoms with Gasteiger partial charge in [0.25, 0.3) is 0 Å². The Labute approximate surface area is 84.1 Å². The highest BCUT2D eigenvalue weighted by molar-refractivity contribution is 5.77. The van der Waals surface area contributed by atoms with Gasteiger partial charge in [0.1, 0.15) is 0 Å². The van der Waals surface area contributed by atoms with Gasteiger partial charge >= 0.3 is 0 Å². The molecule has 0 aliphatic heterocycles. The van der Waals surface area contributed by atoms with E-state index in [1.165, 1.54) is 18.4 Å². The van der Waals surface area contributed by atoms with Gasteiger partial charge in [0, 0.05) is 5.92 Å². The Hall–Kier alpha value is -1.31. The fourth-order valence-electron chi connectivity index (χ4n) is 1.87. The van der Waals surface area contributed by atoms with Gasteiger partial charge in [0.15, 0.2) is 0 Å². The van der Waals surface area contributed by atoms with Crippen LogP contribution in [0.5, 0.6) is 0 Å². The Kier molecular flexibility index (Phi) is 2.53. The van der Waals surface area contributed by atoms with Gasteiger partial charge in [0.2, 0.25) is 5.91 Å². The maximum absolute atomic E-state index is 11.2. The van der Waals surface area contributed by atoms with Crippen molar-refractivity contribution in [3.63, 3.8) is 0 Å². The summed E-state index contributed by atoms with van der Waals surface area (Å²) in [5, 5.41) is 0. The zero-order chi connectivity index (χ0) is 9.97. The Balaban J connectivity index is 2.04. The fourth-order valence-corrected chi connectivity index (χ4v) is 1.87. The molecular formula is C12H15NO. The van der Waals surface area contributed by atoms with Crippen LogP contribution in [0, 0.1) is 11.8 Å². The minimum Gasteiger partial charge on any atom is -0.369 e. The summed E-state index contributed by atoms with van der Waals surface area (Å²) in [6.45, 7) is 0. The molecule has 1 unspecified atom stereocenters. The lowest BCUT2D eigenvalue weighted by Crippen LogP contribution is -2.26. The highest BCUT2D eigenvalue weighted by Gasteiger charge is 2.34. The summed E-state index contributed by atoms with van der Waals surface area (Å²) in [5.41, 5.74) is 6.60. The fraction of sp³-hybridized carbons (Fsp3) is 0.417. The highest BCUT2D eigenvalue weighted by Crippen LogP contribution is 2.38. The van der Waals surface area contributed by atoms with Gasteiger partial charge in [-0.05, 0) is 30.7 Å². The van der Waals surface area contributed by atoms with E-state index in [0.29, 0.717) is 5.92 Å². The molecule has 0 heterocycles. The molecule has 1 amide bonds. The average Bonchev–Trinajstić information content (AvgIpc) is 2.99. The molecule has 1 saturated carbocycles. The van der Waals surface area contributed by atoms with Crippen molar-refractivity contribution in [2.24, 2.45) is 17.6 Å². The number of carbonyl (C=O) groups excluding carboxylic acids is 1. The second-order valence-electron chi connectivity index (χ2n) is 4.04. The Bertz CT molecular complexity index is 316. The molecule has 1 aliphatic rings. The molecular weight excluding hydrogens is 174 g/mol. The van der Waals surface area contributed by atoms with Gasteiger partial charge in [-0.3, -0.25) is 4.79 Å². The van der Waals surface area contributed by atoms with Crippen LogP contribution < -0.4 is 5.73 Å². The minimum atomic E-state index is -0.142. The summed E-state index contributed by atoms with van der Waals surface area (Å²) >= 11 is 0. The summed E-state index contributed by atoms with van der Waals surface area (Å²) in [5.74, 6) is 0.460. The minimum absolute atomic E-state index is 0.0531. The zero-order valence-corrected chi connectivity index (χ0v) is 8.15. The molecule has 2 nitrogen and oxygen atoms in total. The van der Waals surface area contributed by atoms with Crippen LogP contribution in [0.25, 0.3) is 0 Å². The maximum atomic E-state index is 11.2. The van der Waals surface area contributed by atoms with E-state index in [4.69, 9.17) is 5.73 Å². The topological polar surface area (TPSA) is 43.1 Å². The highest BCUT2D eigenvalue weighted by atomic mass is 16.1. The van der Waals surface area contributed by atoms with Gasteiger partial charge in [-0.2, -0.15) is 0 Å². The lowest BCUT2D eigenvalue weighted by atomic mass is 9.94. The Morgan fingerprint density at radius 3 is 2.50 bits per heavy atom. The van der Waals surface area contributed by atoms with Crippen molar-refractivity contribution in [2.45, 2.75) is 19.3 Å². The van der Waals surface area contributed by atoms with E-state index in [1.54, 1.807) is 0 Å². The molecule has 0 radical (unpaired) electrons. The van der Waals surface area contributed by atoms with Crippen LogP contribution in [0.1, 0.15) is 18.4 Å². The second-order valence-corrected chi connectivity index (χ2v) is 4.04. The van der Waals surface area contributed by atoms with Crippen molar-refractivity contribution in [3.8, 4) is 0 Å². The summed E-state index contributed by atoms with van der Waals surface area (Å²) in [7, 11) is 0. The number of rotatable bonds is 4. The van der Waals surface area contributed by atoms with E-state index in [9.17, 15) is 4.79 Å². The first-order valence-corrected chi connectivity index (χ1v) is 5.10. The summed E-state index contributed by atoms with van der Waals surface area (Å²) in [6, 6.07) is 10.1. The summed E-state index contributed by atoms with van der Waals surface area (Å²) in [6.07, 6.45) is 3.14. The first-order chi connectivity index (χ1) is 6.77. The van der Waals surface area contributed by atoms with Crippen LogP contribution in [-0.4, -0.2) is 5.91 Å². The number of nitrogens with two attached hydrogens (primary N) is 1. The normalized spacial score (nSPS) is 17.7. The maximum Gasteiger partial charge on any atom is 0.221 e. The summed E-state index contributed by atoms with van der Waals surface area (Å²) < 4.78 is 0. The number of benzene rings is 1. The molecule has 0 bridgehead atoms. The van der Waals surface area contributed by atoms with Crippen LogP contribution in [0.4, 0.5) is 0 Å². The van der Waals surface area contributed by atoms with Gasteiger partial charge in [-0.1, -0.05) is 30.3 Å². The van der Waals surface area contributed by atoms with Crippen molar-refractivity contribution < 1.29 is 4.79 Å². The van der Waals surface area contributed by atoms with Gasteiger partial charge in [-0.15, -0.1) is 0 Å². The van der Waals surface area contributed by atoms with E-state index in [1.807, 2.05) is 18.2 Å². The van der Waals surface area contributed by atoms with Crippen LogP contribution in [-0.2, 0) is 11.2 Å². The molecule has 1 aromatic rings. The van der Waals surface area contributed by atoms with Gasteiger partial charge in [0.05, 0.1) is 0 Å². The molecule has 2 heteroatoms.